The zero-order valence-electron chi connectivity index (χ0n) is 10.8. The quantitative estimate of drug-likeness (QED) is 0.757. The number of aliphatic hydroxyl groups is 1. The van der Waals surface area contributed by atoms with Crippen LogP contribution in [-0.2, 0) is 4.79 Å². The Morgan fingerprint density at radius 3 is 2.74 bits per heavy atom. The molecule has 0 radical (unpaired) electrons. The fraction of sp³-hybridized carbons (Fsp3) is 0.500. The first-order valence-electron chi connectivity index (χ1n) is 6.48. The standard InChI is InChI=1S/C14H20N2O2.ClH/c17-10-12(11-5-2-1-3-6-11)9-16-14(18)13-7-4-8-15-13;/h1-3,5-6,12-13,15,17H,4,7-10H2,(H,16,18);1H. The van der Waals surface area contributed by atoms with E-state index in [1.165, 1.54) is 0 Å². The third-order valence-electron chi connectivity index (χ3n) is 3.39. The van der Waals surface area contributed by atoms with E-state index in [-0.39, 0.29) is 36.9 Å². The lowest BCUT2D eigenvalue weighted by atomic mass is 10.00. The fourth-order valence-corrected chi connectivity index (χ4v) is 2.27. The van der Waals surface area contributed by atoms with Crippen molar-refractivity contribution in [3.63, 3.8) is 0 Å². The molecule has 1 aromatic rings. The second kappa shape index (κ2) is 8.15. The third-order valence-corrected chi connectivity index (χ3v) is 3.39. The lowest BCUT2D eigenvalue weighted by Gasteiger charge is -2.17. The summed E-state index contributed by atoms with van der Waals surface area (Å²) in [6, 6.07) is 9.72. The molecule has 106 valence electrons. The van der Waals surface area contributed by atoms with Crippen LogP contribution in [0.25, 0.3) is 0 Å². The van der Waals surface area contributed by atoms with Crippen molar-refractivity contribution >= 4 is 18.3 Å². The largest absolute Gasteiger partial charge is 0.396 e. The van der Waals surface area contributed by atoms with E-state index in [1.807, 2.05) is 30.3 Å². The van der Waals surface area contributed by atoms with Crippen LogP contribution in [0, 0.1) is 0 Å². The molecule has 2 atom stereocenters. The van der Waals surface area contributed by atoms with Crippen LogP contribution in [0.15, 0.2) is 30.3 Å². The van der Waals surface area contributed by atoms with Gasteiger partial charge in [0.1, 0.15) is 0 Å². The first-order valence-corrected chi connectivity index (χ1v) is 6.48. The molecule has 1 heterocycles. The third kappa shape index (κ3) is 4.49. The molecule has 2 unspecified atom stereocenters. The highest BCUT2D eigenvalue weighted by molar-refractivity contribution is 5.85. The highest BCUT2D eigenvalue weighted by Gasteiger charge is 2.22. The number of amides is 1. The lowest BCUT2D eigenvalue weighted by molar-refractivity contribution is -0.122. The van der Waals surface area contributed by atoms with Crippen LogP contribution in [0.3, 0.4) is 0 Å². The predicted octanol–water partition coefficient (Wildman–Crippen LogP) is 1.05. The van der Waals surface area contributed by atoms with Crippen molar-refractivity contribution in [2.24, 2.45) is 0 Å². The Morgan fingerprint density at radius 2 is 2.16 bits per heavy atom. The molecule has 0 bridgehead atoms. The molecule has 3 N–H and O–H groups in total. The Labute approximate surface area is 120 Å². The van der Waals surface area contributed by atoms with Gasteiger partial charge in [0.25, 0.3) is 0 Å². The fourth-order valence-electron chi connectivity index (χ4n) is 2.27. The zero-order chi connectivity index (χ0) is 12.8. The molecule has 1 saturated heterocycles. The van der Waals surface area contributed by atoms with Crippen LogP contribution in [0.5, 0.6) is 0 Å². The minimum absolute atomic E-state index is 0. The SMILES string of the molecule is Cl.O=C(NCC(CO)c1ccccc1)C1CCCN1. The van der Waals surface area contributed by atoms with Crippen molar-refractivity contribution in [1.29, 1.82) is 0 Å². The first-order chi connectivity index (χ1) is 8.81. The summed E-state index contributed by atoms with van der Waals surface area (Å²) in [6.45, 7) is 1.44. The van der Waals surface area contributed by atoms with E-state index in [9.17, 15) is 9.90 Å². The van der Waals surface area contributed by atoms with Gasteiger partial charge in [0.05, 0.1) is 12.6 Å². The molecule has 1 aromatic carbocycles. The van der Waals surface area contributed by atoms with Crippen LogP contribution < -0.4 is 10.6 Å². The van der Waals surface area contributed by atoms with Gasteiger partial charge in [-0.1, -0.05) is 30.3 Å². The summed E-state index contributed by atoms with van der Waals surface area (Å²) in [7, 11) is 0. The smallest absolute Gasteiger partial charge is 0.237 e. The summed E-state index contributed by atoms with van der Waals surface area (Å²) < 4.78 is 0. The van der Waals surface area contributed by atoms with Crippen molar-refractivity contribution in [1.82, 2.24) is 10.6 Å². The first kappa shape index (κ1) is 16.0. The van der Waals surface area contributed by atoms with Gasteiger partial charge >= 0.3 is 0 Å². The molecule has 1 fully saturated rings. The van der Waals surface area contributed by atoms with E-state index >= 15 is 0 Å². The number of nitrogens with one attached hydrogen (secondary N) is 2. The molecule has 1 aliphatic heterocycles. The van der Waals surface area contributed by atoms with Crippen molar-refractivity contribution in [3.05, 3.63) is 35.9 Å². The molecule has 4 nitrogen and oxygen atoms in total. The maximum absolute atomic E-state index is 11.8. The van der Waals surface area contributed by atoms with Gasteiger partial charge in [0.15, 0.2) is 0 Å². The predicted molar refractivity (Wildman–Crippen MR) is 77.6 cm³/mol. The number of carbonyl (C=O) groups excluding carboxylic acids is 1. The van der Waals surface area contributed by atoms with Crippen LogP contribution in [0.2, 0.25) is 0 Å². The number of hydrogen-bond acceptors (Lipinski definition) is 3. The molecule has 5 heteroatoms. The molecule has 1 amide bonds. The minimum atomic E-state index is -0.0554. The minimum Gasteiger partial charge on any atom is -0.396 e. The van der Waals surface area contributed by atoms with Crippen molar-refractivity contribution < 1.29 is 9.90 Å². The molecule has 0 saturated carbocycles. The Balaban J connectivity index is 0.00000180. The summed E-state index contributed by atoms with van der Waals surface area (Å²) in [6.07, 6.45) is 1.96. The molecule has 0 aromatic heterocycles. The van der Waals surface area contributed by atoms with Gasteiger partial charge in [-0.2, -0.15) is 0 Å². The summed E-state index contributed by atoms with van der Waals surface area (Å²) >= 11 is 0. The van der Waals surface area contributed by atoms with Gasteiger partial charge in [0, 0.05) is 12.5 Å². The normalized spacial score (nSPS) is 19.5. The second-order valence-electron chi connectivity index (χ2n) is 4.68. The molecule has 19 heavy (non-hydrogen) atoms. The van der Waals surface area contributed by atoms with E-state index in [1.54, 1.807) is 0 Å². The molecule has 0 spiro atoms. The van der Waals surface area contributed by atoms with Gasteiger partial charge in [-0.3, -0.25) is 4.79 Å². The Kier molecular flexibility index (Phi) is 6.84. The second-order valence-corrected chi connectivity index (χ2v) is 4.68. The van der Waals surface area contributed by atoms with Crippen LogP contribution >= 0.6 is 12.4 Å². The van der Waals surface area contributed by atoms with Crippen molar-refractivity contribution in [3.8, 4) is 0 Å². The van der Waals surface area contributed by atoms with E-state index in [0.29, 0.717) is 6.54 Å². The summed E-state index contributed by atoms with van der Waals surface area (Å²) in [5.74, 6) is 0.0124. The molecule has 2 rings (SSSR count). The maximum atomic E-state index is 11.8. The van der Waals surface area contributed by atoms with E-state index in [4.69, 9.17) is 0 Å². The highest BCUT2D eigenvalue weighted by atomic mass is 35.5. The molecule has 1 aliphatic rings. The Morgan fingerprint density at radius 1 is 1.42 bits per heavy atom. The molecule has 0 aliphatic carbocycles. The zero-order valence-corrected chi connectivity index (χ0v) is 11.7. The maximum Gasteiger partial charge on any atom is 0.237 e. The van der Waals surface area contributed by atoms with Crippen molar-refractivity contribution in [2.75, 3.05) is 19.7 Å². The highest BCUT2D eigenvalue weighted by Crippen LogP contribution is 2.14. The number of aliphatic hydroxyl groups excluding tert-OH is 1. The number of carbonyl (C=O) groups is 1. The number of rotatable bonds is 5. The van der Waals surface area contributed by atoms with Crippen LogP contribution in [-0.4, -0.2) is 36.8 Å². The lowest BCUT2D eigenvalue weighted by Crippen LogP contribution is -2.42. The monoisotopic (exact) mass is 284 g/mol. The van der Waals surface area contributed by atoms with Gasteiger partial charge in [-0.05, 0) is 24.9 Å². The van der Waals surface area contributed by atoms with E-state index in [2.05, 4.69) is 10.6 Å². The van der Waals surface area contributed by atoms with Gasteiger partial charge in [-0.15, -0.1) is 12.4 Å². The summed E-state index contributed by atoms with van der Waals surface area (Å²) in [5, 5.41) is 15.5. The van der Waals surface area contributed by atoms with Gasteiger partial charge < -0.3 is 15.7 Å². The van der Waals surface area contributed by atoms with Gasteiger partial charge in [0.2, 0.25) is 5.91 Å². The number of benzene rings is 1. The van der Waals surface area contributed by atoms with Crippen LogP contribution in [0.4, 0.5) is 0 Å². The number of hydrogen-bond donors (Lipinski definition) is 3. The van der Waals surface area contributed by atoms with Crippen LogP contribution in [0.1, 0.15) is 24.3 Å². The van der Waals surface area contributed by atoms with E-state index < -0.39 is 0 Å². The Bertz CT molecular complexity index is 380. The number of halogens is 1. The molecular formula is C14H21ClN2O2. The Hall–Kier alpha value is -1.10. The van der Waals surface area contributed by atoms with Gasteiger partial charge in [-0.25, -0.2) is 0 Å². The van der Waals surface area contributed by atoms with E-state index in [0.717, 1.165) is 24.9 Å². The average Bonchev–Trinajstić information content (AvgIpc) is 2.94. The van der Waals surface area contributed by atoms with Crippen molar-refractivity contribution in [2.45, 2.75) is 24.8 Å². The summed E-state index contributed by atoms with van der Waals surface area (Å²) in [4.78, 5) is 11.8. The molecular weight excluding hydrogens is 264 g/mol. The average molecular weight is 285 g/mol. The topological polar surface area (TPSA) is 61.4 Å². The summed E-state index contributed by atoms with van der Waals surface area (Å²) in [5.41, 5.74) is 1.06.